The number of aromatic hydroxyl groups is 1. The third-order valence-electron chi connectivity index (χ3n) is 2.76. The minimum Gasteiger partial charge on any atom is -0.504 e. The number of hydrazone groups is 1. The summed E-state index contributed by atoms with van der Waals surface area (Å²) in [6.45, 7) is 0. The van der Waals surface area contributed by atoms with Gasteiger partial charge in [-0.2, -0.15) is 5.10 Å². The van der Waals surface area contributed by atoms with Crippen LogP contribution in [0.2, 0.25) is 5.02 Å². The molecule has 0 fully saturated rings. The zero-order valence-corrected chi connectivity index (χ0v) is 12.2. The number of nitro groups is 1. The van der Waals surface area contributed by atoms with Gasteiger partial charge in [-0.3, -0.25) is 15.5 Å². The molecule has 0 radical (unpaired) electrons. The SMILES string of the molecule is COc1cc(/C=N\Nc2cc(Cl)ccc2[N+](=O)[O-])ccc1O. The lowest BCUT2D eigenvalue weighted by atomic mass is 10.2. The van der Waals surface area contributed by atoms with Gasteiger partial charge in [0, 0.05) is 11.1 Å². The molecule has 114 valence electrons. The number of benzene rings is 2. The van der Waals surface area contributed by atoms with Gasteiger partial charge < -0.3 is 9.84 Å². The van der Waals surface area contributed by atoms with Gasteiger partial charge in [-0.15, -0.1) is 0 Å². The summed E-state index contributed by atoms with van der Waals surface area (Å²) in [5.41, 5.74) is 3.27. The van der Waals surface area contributed by atoms with Crippen LogP contribution < -0.4 is 10.2 Å². The molecule has 2 aromatic carbocycles. The van der Waals surface area contributed by atoms with Crippen LogP contribution in [0.25, 0.3) is 0 Å². The van der Waals surface area contributed by atoms with Crippen molar-refractivity contribution in [2.24, 2.45) is 5.10 Å². The van der Waals surface area contributed by atoms with E-state index in [1.54, 1.807) is 12.1 Å². The number of phenolic OH excluding ortho intramolecular Hbond substituents is 1. The summed E-state index contributed by atoms with van der Waals surface area (Å²) in [5, 5.41) is 24.7. The van der Waals surface area contributed by atoms with Crippen LogP contribution in [0.4, 0.5) is 11.4 Å². The molecule has 2 rings (SSSR count). The van der Waals surface area contributed by atoms with Gasteiger partial charge in [-0.05, 0) is 35.9 Å². The number of rotatable bonds is 5. The minimum atomic E-state index is -0.530. The second-order valence-electron chi connectivity index (χ2n) is 4.22. The van der Waals surface area contributed by atoms with E-state index < -0.39 is 4.92 Å². The summed E-state index contributed by atoms with van der Waals surface area (Å²) >= 11 is 5.82. The quantitative estimate of drug-likeness (QED) is 0.499. The highest BCUT2D eigenvalue weighted by Crippen LogP contribution is 2.28. The Morgan fingerprint density at radius 2 is 2.14 bits per heavy atom. The number of halogens is 1. The van der Waals surface area contributed by atoms with Crippen LogP contribution in [0.1, 0.15) is 5.56 Å². The molecule has 0 unspecified atom stereocenters. The Labute approximate surface area is 130 Å². The first-order chi connectivity index (χ1) is 10.5. The number of phenols is 1. The molecule has 22 heavy (non-hydrogen) atoms. The fraction of sp³-hybridized carbons (Fsp3) is 0.0714. The van der Waals surface area contributed by atoms with E-state index in [9.17, 15) is 15.2 Å². The Morgan fingerprint density at radius 1 is 1.36 bits per heavy atom. The van der Waals surface area contributed by atoms with Crippen LogP contribution in [0.5, 0.6) is 11.5 Å². The summed E-state index contributed by atoms with van der Waals surface area (Å²) in [6, 6.07) is 8.79. The Balaban J connectivity index is 2.19. The highest BCUT2D eigenvalue weighted by atomic mass is 35.5. The number of nitrogens with one attached hydrogen (secondary N) is 1. The van der Waals surface area contributed by atoms with E-state index >= 15 is 0 Å². The number of hydrogen-bond acceptors (Lipinski definition) is 6. The van der Waals surface area contributed by atoms with Crippen LogP contribution >= 0.6 is 11.6 Å². The third-order valence-corrected chi connectivity index (χ3v) is 2.99. The molecule has 0 aromatic heterocycles. The van der Waals surface area contributed by atoms with Crippen molar-refractivity contribution in [1.82, 2.24) is 0 Å². The van der Waals surface area contributed by atoms with Crippen molar-refractivity contribution in [1.29, 1.82) is 0 Å². The molecular formula is C14H12ClN3O4. The first-order valence-corrected chi connectivity index (χ1v) is 6.49. The Kier molecular flexibility index (Phi) is 4.80. The molecule has 0 heterocycles. The van der Waals surface area contributed by atoms with Crippen LogP contribution in [0.15, 0.2) is 41.5 Å². The summed E-state index contributed by atoms with van der Waals surface area (Å²) in [7, 11) is 1.43. The van der Waals surface area contributed by atoms with E-state index in [0.717, 1.165) is 0 Å². The maximum atomic E-state index is 10.9. The highest BCUT2D eigenvalue weighted by molar-refractivity contribution is 6.31. The molecule has 0 saturated carbocycles. The molecule has 0 saturated heterocycles. The van der Waals surface area contributed by atoms with Crippen molar-refractivity contribution in [3.8, 4) is 11.5 Å². The smallest absolute Gasteiger partial charge is 0.294 e. The molecule has 0 atom stereocenters. The molecule has 8 heteroatoms. The lowest BCUT2D eigenvalue weighted by molar-refractivity contribution is -0.384. The Morgan fingerprint density at radius 3 is 2.82 bits per heavy atom. The molecule has 0 bridgehead atoms. The zero-order valence-electron chi connectivity index (χ0n) is 11.5. The normalized spacial score (nSPS) is 10.6. The fourth-order valence-electron chi connectivity index (χ4n) is 1.71. The molecular weight excluding hydrogens is 310 g/mol. The maximum Gasteiger partial charge on any atom is 0.294 e. The zero-order chi connectivity index (χ0) is 16.1. The predicted octanol–water partition coefficient (Wildman–Crippen LogP) is 3.41. The fourth-order valence-corrected chi connectivity index (χ4v) is 1.88. The second-order valence-corrected chi connectivity index (χ2v) is 4.66. The molecule has 0 aliphatic carbocycles. The van der Waals surface area contributed by atoms with Gasteiger partial charge in [-0.25, -0.2) is 0 Å². The van der Waals surface area contributed by atoms with E-state index in [1.165, 1.54) is 37.6 Å². The first kappa shape index (κ1) is 15.6. The van der Waals surface area contributed by atoms with Gasteiger partial charge >= 0.3 is 0 Å². The lowest BCUT2D eigenvalue weighted by Gasteiger charge is -2.04. The van der Waals surface area contributed by atoms with Gasteiger partial charge in [0.1, 0.15) is 5.69 Å². The topological polar surface area (TPSA) is 97.0 Å². The van der Waals surface area contributed by atoms with E-state index in [1.807, 2.05) is 0 Å². The number of anilines is 1. The van der Waals surface area contributed by atoms with Crippen molar-refractivity contribution in [2.45, 2.75) is 0 Å². The van der Waals surface area contributed by atoms with Crippen molar-refractivity contribution in [3.63, 3.8) is 0 Å². The van der Waals surface area contributed by atoms with Gasteiger partial charge in [0.2, 0.25) is 0 Å². The lowest BCUT2D eigenvalue weighted by Crippen LogP contribution is -1.97. The monoisotopic (exact) mass is 321 g/mol. The molecule has 0 amide bonds. The summed E-state index contributed by atoms with van der Waals surface area (Å²) in [4.78, 5) is 10.4. The average molecular weight is 322 g/mol. The minimum absolute atomic E-state index is 0.0121. The van der Waals surface area contributed by atoms with Crippen LogP contribution in [0.3, 0.4) is 0 Å². The molecule has 0 aliphatic rings. The van der Waals surface area contributed by atoms with Gasteiger partial charge in [0.05, 0.1) is 18.2 Å². The highest BCUT2D eigenvalue weighted by Gasteiger charge is 2.13. The summed E-state index contributed by atoms with van der Waals surface area (Å²) in [5.74, 6) is 0.316. The number of ether oxygens (including phenoxy) is 1. The summed E-state index contributed by atoms with van der Waals surface area (Å²) < 4.78 is 4.98. The van der Waals surface area contributed by atoms with Crippen LogP contribution in [-0.2, 0) is 0 Å². The van der Waals surface area contributed by atoms with Gasteiger partial charge in [0.15, 0.2) is 11.5 Å². The second kappa shape index (κ2) is 6.77. The van der Waals surface area contributed by atoms with E-state index in [-0.39, 0.29) is 17.1 Å². The molecule has 7 nitrogen and oxygen atoms in total. The molecule has 0 spiro atoms. The van der Waals surface area contributed by atoms with Gasteiger partial charge in [0.25, 0.3) is 5.69 Å². The Bertz CT molecular complexity index is 734. The first-order valence-electron chi connectivity index (χ1n) is 6.11. The predicted molar refractivity (Wildman–Crippen MR) is 84.0 cm³/mol. The van der Waals surface area contributed by atoms with Crippen LogP contribution in [-0.4, -0.2) is 23.4 Å². The molecule has 2 aromatic rings. The standard InChI is InChI=1S/C14H12ClN3O4/c1-22-14-6-9(2-5-13(14)19)8-16-17-11-7-10(15)3-4-12(11)18(20)21/h2-8,17,19H,1H3/b16-8-. The third kappa shape index (κ3) is 3.64. The number of hydrogen-bond donors (Lipinski definition) is 2. The maximum absolute atomic E-state index is 10.9. The van der Waals surface area contributed by atoms with E-state index in [0.29, 0.717) is 16.3 Å². The number of nitrogens with zero attached hydrogens (tertiary/aromatic N) is 2. The van der Waals surface area contributed by atoms with Crippen molar-refractivity contribution in [3.05, 3.63) is 57.1 Å². The average Bonchev–Trinajstić information content (AvgIpc) is 2.48. The molecule has 0 aliphatic heterocycles. The Hall–Kier alpha value is -2.80. The van der Waals surface area contributed by atoms with E-state index in [2.05, 4.69) is 10.5 Å². The van der Waals surface area contributed by atoms with Crippen LogP contribution in [0, 0.1) is 10.1 Å². The van der Waals surface area contributed by atoms with Crippen molar-refractivity contribution in [2.75, 3.05) is 12.5 Å². The van der Waals surface area contributed by atoms with Crippen molar-refractivity contribution < 1.29 is 14.8 Å². The van der Waals surface area contributed by atoms with Gasteiger partial charge in [-0.1, -0.05) is 11.6 Å². The summed E-state index contributed by atoms with van der Waals surface area (Å²) in [6.07, 6.45) is 1.44. The van der Waals surface area contributed by atoms with Crippen molar-refractivity contribution >= 4 is 29.2 Å². The molecule has 2 N–H and O–H groups in total. The number of methoxy groups -OCH3 is 1. The van der Waals surface area contributed by atoms with E-state index in [4.69, 9.17) is 16.3 Å². The largest absolute Gasteiger partial charge is 0.504 e. The number of nitro benzene ring substituents is 1.